The Hall–Kier alpha value is -0.570. The average Bonchev–Trinajstić information content (AvgIpc) is 2.15. The van der Waals surface area contributed by atoms with Gasteiger partial charge in [-0.15, -0.1) is 0 Å². The van der Waals surface area contributed by atoms with Crippen LogP contribution in [-0.4, -0.2) is 44.6 Å². The SMILES string of the molecule is CCC(C)(C)C(=O)NCCCC[N+](C)(C)C. The Morgan fingerprint density at radius 3 is 2.19 bits per heavy atom. The van der Waals surface area contributed by atoms with E-state index in [2.05, 4.69) is 33.4 Å². The fraction of sp³-hybridized carbons (Fsp3) is 0.923. The van der Waals surface area contributed by atoms with Crippen molar-refractivity contribution in [3.05, 3.63) is 0 Å². The minimum Gasteiger partial charge on any atom is -0.356 e. The third-order valence-corrected chi connectivity index (χ3v) is 3.04. The molecule has 0 saturated heterocycles. The molecule has 0 heterocycles. The van der Waals surface area contributed by atoms with E-state index in [1.165, 1.54) is 0 Å². The molecule has 0 saturated carbocycles. The second kappa shape index (κ2) is 6.24. The zero-order chi connectivity index (χ0) is 12.8. The Balaban J connectivity index is 3.64. The van der Waals surface area contributed by atoms with Crippen molar-refractivity contribution in [2.75, 3.05) is 34.2 Å². The normalized spacial score (nSPS) is 12.6. The maximum Gasteiger partial charge on any atom is 0.225 e. The lowest BCUT2D eigenvalue weighted by Gasteiger charge is -2.24. The first-order chi connectivity index (χ1) is 7.19. The van der Waals surface area contributed by atoms with Crippen molar-refractivity contribution >= 4 is 5.91 Å². The predicted molar refractivity (Wildman–Crippen MR) is 69.2 cm³/mol. The van der Waals surface area contributed by atoms with Gasteiger partial charge in [-0.2, -0.15) is 0 Å². The van der Waals surface area contributed by atoms with Gasteiger partial charge in [0.25, 0.3) is 0 Å². The van der Waals surface area contributed by atoms with E-state index in [1.807, 2.05) is 13.8 Å². The molecular formula is C13H29N2O+. The quantitative estimate of drug-likeness (QED) is 0.525. The van der Waals surface area contributed by atoms with Crippen molar-refractivity contribution in [2.24, 2.45) is 5.41 Å². The molecule has 1 amide bonds. The molecule has 0 unspecified atom stereocenters. The van der Waals surface area contributed by atoms with Gasteiger partial charge < -0.3 is 9.80 Å². The van der Waals surface area contributed by atoms with Crippen molar-refractivity contribution in [1.82, 2.24) is 5.32 Å². The van der Waals surface area contributed by atoms with E-state index < -0.39 is 0 Å². The van der Waals surface area contributed by atoms with Gasteiger partial charge in [-0.3, -0.25) is 4.79 Å². The van der Waals surface area contributed by atoms with Crippen molar-refractivity contribution in [3.63, 3.8) is 0 Å². The Morgan fingerprint density at radius 2 is 1.75 bits per heavy atom. The van der Waals surface area contributed by atoms with E-state index in [4.69, 9.17) is 0 Å². The van der Waals surface area contributed by atoms with Crippen LogP contribution in [0.3, 0.4) is 0 Å². The molecule has 16 heavy (non-hydrogen) atoms. The first-order valence-corrected chi connectivity index (χ1v) is 6.28. The molecule has 0 aliphatic rings. The van der Waals surface area contributed by atoms with E-state index in [9.17, 15) is 4.79 Å². The number of hydrogen-bond acceptors (Lipinski definition) is 1. The van der Waals surface area contributed by atoms with Crippen LogP contribution in [0.5, 0.6) is 0 Å². The highest BCUT2D eigenvalue weighted by molar-refractivity contribution is 5.81. The number of unbranched alkanes of at least 4 members (excludes halogenated alkanes) is 1. The van der Waals surface area contributed by atoms with E-state index >= 15 is 0 Å². The number of nitrogens with zero attached hydrogens (tertiary/aromatic N) is 1. The monoisotopic (exact) mass is 229 g/mol. The van der Waals surface area contributed by atoms with Crippen molar-refractivity contribution in [1.29, 1.82) is 0 Å². The lowest BCUT2D eigenvalue weighted by Crippen LogP contribution is -2.38. The molecule has 0 aromatic heterocycles. The summed E-state index contributed by atoms with van der Waals surface area (Å²) in [5.41, 5.74) is -0.222. The number of hydrogen-bond donors (Lipinski definition) is 1. The van der Waals surface area contributed by atoms with Gasteiger partial charge in [-0.05, 0) is 19.3 Å². The highest BCUT2D eigenvalue weighted by Crippen LogP contribution is 2.19. The smallest absolute Gasteiger partial charge is 0.225 e. The number of amides is 1. The molecule has 0 atom stereocenters. The molecule has 0 aliphatic carbocycles. The molecule has 0 radical (unpaired) electrons. The van der Waals surface area contributed by atoms with Gasteiger partial charge in [0, 0.05) is 12.0 Å². The maximum absolute atomic E-state index is 11.7. The van der Waals surface area contributed by atoms with Crippen LogP contribution in [0.1, 0.15) is 40.0 Å². The van der Waals surface area contributed by atoms with Crippen LogP contribution >= 0.6 is 0 Å². The van der Waals surface area contributed by atoms with Crippen LogP contribution in [-0.2, 0) is 4.79 Å². The molecule has 1 N–H and O–H groups in total. The number of carbonyl (C=O) groups excluding carboxylic acids is 1. The van der Waals surface area contributed by atoms with Crippen molar-refractivity contribution < 1.29 is 9.28 Å². The summed E-state index contributed by atoms with van der Waals surface area (Å²) in [6, 6.07) is 0. The third-order valence-electron chi connectivity index (χ3n) is 3.04. The molecule has 3 nitrogen and oxygen atoms in total. The molecule has 0 spiro atoms. The standard InChI is InChI=1S/C13H28N2O/c1-7-13(2,3)12(16)14-10-8-9-11-15(4,5)6/h7-11H2,1-6H3/p+1. The maximum atomic E-state index is 11.7. The zero-order valence-corrected chi connectivity index (χ0v) is 11.9. The Labute approximate surface area is 101 Å². The summed E-state index contributed by atoms with van der Waals surface area (Å²) in [6.07, 6.45) is 3.12. The summed E-state index contributed by atoms with van der Waals surface area (Å²) >= 11 is 0. The fourth-order valence-electron chi connectivity index (χ4n) is 1.31. The van der Waals surface area contributed by atoms with Gasteiger partial charge in [0.15, 0.2) is 0 Å². The summed E-state index contributed by atoms with van der Waals surface area (Å²) in [6.45, 7) is 8.01. The predicted octanol–water partition coefficient (Wildman–Crippen LogP) is 2.03. The van der Waals surface area contributed by atoms with Crippen molar-refractivity contribution in [2.45, 2.75) is 40.0 Å². The van der Waals surface area contributed by atoms with E-state index in [0.717, 1.165) is 36.8 Å². The molecule has 0 rings (SSSR count). The van der Waals surface area contributed by atoms with Crippen LogP contribution in [0.2, 0.25) is 0 Å². The summed E-state index contributed by atoms with van der Waals surface area (Å²) in [5, 5.41) is 3.01. The number of carbonyl (C=O) groups is 1. The van der Waals surface area contributed by atoms with E-state index in [-0.39, 0.29) is 11.3 Å². The lowest BCUT2D eigenvalue weighted by atomic mass is 9.89. The average molecular weight is 229 g/mol. The molecule has 96 valence electrons. The van der Waals surface area contributed by atoms with Gasteiger partial charge in [-0.25, -0.2) is 0 Å². The Morgan fingerprint density at radius 1 is 1.19 bits per heavy atom. The minimum atomic E-state index is -0.222. The Kier molecular flexibility index (Phi) is 6.01. The molecule has 0 aromatic carbocycles. The molecule has 3 heteroatoms. The third kappa shape index (κ3) is 6.83. The summed E-state index contributed by atoms with van der Waals surface area (Å²) in [7, 11) is 6.58. The van der Waals surface area contributed by atoms with Gasteiger partial charge in [0.1, 0.15) is 0 Å². The fourth-order valence-corrected chi connectivity index (χ4v) is 1.31. The zero-order valence-electron chi connectivity index (χ0n) is 11.9. The number of nitrogens with one attached hydrogen (secondary N) is 1. The number of rotatable bonds is 7. The largest absolute Gasteiger partial charge is 0.356 e. The van der Waals surface area contributed by atoms with Crippen LogP contribution < -0.4 is 5.32 Å². The van der Waals surface area contributed by atoms with Gasteiger partial charge in [0.05, 0.1) is 27.7 Å². The first kappa shape index (κ1) is 15.4. The van der Waals surface area contributed by atoms with Gasteiger partial charge in [-0.1, -0.05) is 20.8 Å². The Bertz CT molecular complexity index is 216. The highest BCUT2D eigenvalue weighted by atomic mass is 16.2. The highest BCUT2D eigenvalue weighted by Gasteiger charge is 2.24. The molecular weight excluding hydrogens is 200 g/mol. The molecule has 0 aromatic rings. The van der Waals surface area contributed by atoms with Crippen LogP contribution in [0.15, 0.2) is 0 Å². The van der Waals surface area contributed by atoms with E-state index in [0.29, 0.717) is 0 Å². The topological polar surface area (TPSA) is 29.1 Å². The minimum absolute atomic E-state index is 0.181. The van der Waals surface area contributed by atoms with Crippen LogP contribution in [0, 0.1) is 5.41 Å². The second-order valence-corrected chi connectivity index (χ2v) is 6.21. The first-order valence-electron chi connectivity index (χ1n) is 6.28. The number of quaternary nitrogens is 1. The van der Waals surface area contributed by atoms with Crippen molar-refractivity contribution in [3.8, 4) is 0 Å². The molecule has 0 aliphatic heterocycles. The summed E-state index contributed by atoms with van der Waals surface area (Å²) in [4.78, 5) is 11.7. The van der Waals surface area contributed by atoms with Gasteiger partial charge in [0.2, 0.25) is 5.91 Å². The van der Waals surface area contributed by atoms with Gasteiger partial charge >= 0.3 is 0 Å². The van der Waals surface area contributed by atoms with E-state index in [1.54, 1.807) is 0 Å². The molecule has 0 bridgehead atoms. The van der Waals surface area contributed by atoms with Crippen LogP contribution in [0.4, 0.5) is 0 Å². The second-order valence-electron chi connectivity index (χ2n) is 6.21. The summed E-state index contributed by atoms with van der Waals surface area (Å²) < 4.78 is 0.994. The lowest BCUT2D eigenvalue weighted by molar-refractivity contribution is -0.870. The van der Waals surface area contributed by atoms with Crippen LogP contribution in [0.25, 0.3) is 0 Å². The molecule has 0 fully saturated rings. The summed E-state index contributed by atoms with van der Waals surface area (Å²) in [5.74, 6) is 0.181.